The topological polar surface area (TPSA) is 189 Å². The lowest BCUT2D eigenvalue weighted by molar-refractivity contribution is -0.303. The van der Waals surface area contributed by atoms with Crippen LogP contribution in [-0.2, 0) is 14.3 Å². The Kier molecular flexibility index (Phi) is 56.5. The Bertz CT molecular complexity index is 1370. The highest BCUT2D eigenvalue weighted by molar-refractivity contribution is 5.80. The van der Waals surface area contributed by atoms with Crippen LogP contribution < -0.4 is 5.32 Å². The number of carbonyl (C=O) groups excluding carboxylic acids is 1. The number of ether oxygens (including phenoxy) is 2. The molecule has 0 aromatic rings. The second kappa shape index (κ2) is 58.9. The number of nitrogens with one attached hydrogen (secondary N) is 1. The van der Waals surface area contributed by atoms with E-state index in [0.29, 0.717) is 19.3 Å². The van der Waals surface area contributed by atoms with E-state index in [9.17, 15) is 40.5 Å². The quantitative estimate of drug-likeness (QED) is 0.0215. The molecule has 1 saturated heterocycles. The summed E-state index contributed by atoms with van der Waals surface area (Å²) in [5.74, 6) is -0.703. The van der Waals surface area contributed by atoms with E-state index in [0.717, 1.165) is 38.5 Å². The predicted octanol–water partition coefficient (Wildman–Crippen LogP) is 16.8. The Balaban J connectivity index is 2.22. The van der Waals surface area contributed by atoms with Crippen LogP contribution >= 0.6 is 0 Å². The lowest BCUT2D eigenvalue weighted by atomic mass is 9.98. The first-order chi connectivity index (χ1) is 39.7. The van der Waals surface area contributed by atoms with E-state index in [1.54, 1.807) is 0 Å². The van der Waals surface area contributed by atoms with E-state index in [-0.39, 0.29) is 12.8 Å². The summed E-state index contributed by atoms with van der Waals surface area (Å²) in [6, 6.07) is -1.19. The van der Waals surface area contributed by atoms with Crippen molar-refractivity contribution in [2.75, 3.05) is 13.2 Å². The summed E-state index contributed by atoms with van der Waals surface area (Å²) in [6.45, 7) is 3.50. The molecule has 1 aliphatic heterocycles. The molecular weight excluding hydrogens is 1010 g/mol. The molecule has 1 rings (SSSR count). The van der Waals surface area contributed by atoms with Gasteiger partial charge in [0, 0.05) is 0 Å². The van der Waals surface area contributed by atoms with Gasteiger partial charge in [-0.25, -0.2) is 0 Å². The van der Waals surface area contributed by atoms with Crippen molar-refractivity contribution in [3.8, 4) is 0 Å². The molecule has 9 atom stereocenters. The highest BCUT2D eigenvalue weighted by atomic mass is 16.7. The van der Waals surface area contributed by atoms with Gasteiger partial charge in [-0.1, -0.05) is 321 Å². The van der Waals surface area contributed by atoms with Gasteiger partial charge in [0.1, 0.15) is 36.6 Å². The van der Waals surface area contributed by atoms with Crippen LogP contribution in [0.25, 0.3) is 0 Å². The molecule has 11 heteroatoms. The molecule has 11 nitrogen and oxygen atoms in total. The minimum Gasteiger partial charge on any atom is -0.394 e. The lowest BCUT2D eigenvalue weighted by Crippen LogP contribution is -2.60. The van der Waals surface area contributed by atoms with Crippen LogP contribution in [0.1, 0.15) is 348 Å². The number of aliphatic hydroxyl groups excluding tert-OH is 7. The maximum atomic E-state index is 13.2. The Morgan fingerprint density at radius 1 is 0.420 bits per heavy atom. The number of aliphatic hydroxyl groups is 7. The minimum absolute atomic E-state index is 0.249. The van der Waals surface area contributed by atoms with E-state index in [2.05, 4.69) is 43.5 Å². The Morgan fingerprint density at radius 2 is 0.741 bits per heavy atom. The summed E-state index contributed by atoms with van der Waals surface area (Å²) < 4.78 is 11.2. The van der Waals surface area contributed by atoms with Crippen LogP contribution in [0, 0.1) is 0 Å². The molecule has 0 bridgehead atoms. The molecule has 0 radical (unpaired) electrons. The van der Waals surface area contributed by atoms with Crippen LogP contribution in [0.2, 0.25) is 0 Å². The molecule has 1 heterocycles. The largest absolute Gasteiger partial charge is 0.394 e. The SMILES string of the molecule is CCCCCCCCCCCCCCCCCC/C=C/CC/C=C/CCCC(O)C(O)C(COC1OC(CO)C(O)C(O)C1O)NC(=O)C(O)CCCCCCCCCCCCCCCCCCCCCCCCCCCCCCC. The predicted molar refractivity (Wildman–Crippen MR) is 339 cm³/mol. The molecule has 0 saturated carbocycles. The maximum Gasteiger partial charge on any atom is 0.249 e. The number of rotatable bonds is 62. The van der Waals surface area contributed by atoms with Crippen molar-refractivity contribution in [2.24, 2.45) is 0 Å². The van der Waals surface area contributed by atoms with Crippen molar-refractivity contribution < 1.29 is 50.0 Å². The average molecular weight is 1150 g/mol. The molecular formula is C70H135NO10. The van der Waals surface area contributed by atoms with Gasteiger partial charge in [-0.15, -0.1) is 0 Å². The van der Waals surface area contributed by atoms with Gasteiger partial charge in [-0.05, 0) is 51.4 Å². The summed E-state index contributed by atoms with van der Waals surface area (Å²) >= 11 is 0. The second-order valence-corrected chi connectivity index (χ2v) is 25.0. The highest BCUT2D eigenvalue weighted by Gasteiger charge is 2.44. The van der Waals surface area contributed by atoms with Crippen molar-refractivity contribution in [1.29, 1.82) is 0 Å². The Labute approximate surface area is 499 Å². The first-order valence-electron chi connectivity index (χ1n) is 35.2. The first-order valence-corrected chi connectivity index (χ1v) is 35.2. The molecule has 1 fully saturated rings. The lowest BCUT2D eigenvalue weighted by Gasteiger charge is -2.40. The zero-order chi connectivity index (χ0) is 58.9. The number of allylic oxidation sites excluding steroid dienone is 4. The van der Waals surface area contributed by atoms with Gasteiger partial charge in [-0.3, -0.25) is 4.79 Å². The fraction of sp³-hybridized carbons (Fsp3) is 0.929. The zero-order valence-electron chi connectivity index (χ0n) is 53.0. The Hall–Kier alpha value is -1.41. The summed E-state index contributed by atoms with van der Waals surface area (Å²) in [5, 5.41) is 76.5. The summed E-state index contributed by atoms with van der Waals surface area (Å²) in [6.07, 6.45) is 62.7. The van der Waals surface area contributed by atoms with Gasteiger partial charge >= 0.3 is 0 Å². The number of hydrogen-bond acceptors (Lipinski definition) is 10. The second-order valence-electron chi connectivity index (χ2n) is 25.0. The third-order valence-electron chi connectivity index (χ3n) is 17.2. The fourth-order valence-electron chi connectivity index (χ4n) is 11.6. The van der Waals surface area contributed by atoms with E-state index in [1.165, 1.54) is 263 Å². The van der Waals surface area contributed by atoms with Crippen LogP contribution in [0.3, 0.4) is 0 Å². The zero-order valence-corrected chi connectivity index (χ0v) is 53.0. The fourth-order valence-corrected chi connectivity index (χ4v) is 11.6. The number of hydrogen-bond donors (Lipinski definition) is 8. The van der Waals surface area contributed by atoms with E-state index in [1.807, 2.05) is 0 Å². The van der Waals surface area contributed by atoms with Gasteiger partial charge in [-0.2, -0.15) is 0 Å². The van der Waals surface area contributed by atoms with Crippen molar-refractivity contribution in [2.45, 2.75) is 403 Å². The van der Waals surface area contributed by atoms with E-state index < -0.39 is 74.2 Å². The van der Waals surface area contributed by atoms with Gasteiger partial charge < -0.3 is 50.5 Å². The number of unbranched alkanes of at least 4 members (excludes halogenated alkanes) is 46. The third-order valence-corrected chi connectivity index (χ3v) is 17.2. The molecule has 0 spiro atoms. The number of carbonyl (C=O) groups is 1. The van der Waals surface area contributed by atoms with Crippen molar-refractivity contribution >= 4 is 5.91 Å². The molecule has 81 heavy (non-hydrogen) atoms. The molecule has 1 aliphatic rings. The van der Waals surface area contributed by atoms with Crippen molar-refractivity contribution in [1.82, 2.24) is 5.32 Å². The van der Waals surface area contributed by atoms with Crippen LogP contribution in [0.4, 0.5) is 0 Å². The molecule has 0 aliphatic carbocycles. The monoisotopic (exact) mass is 1150 g/mol. The molecule has 0 aromatic carbocycles. The first kappa shape index (κ1) is 77.6. The van der Waals surface area contributed by atoms with Gasteiger partial charge in [0.2, 0.25) is 5.91 Å². The smallest absolute Gasteiger partial charge is 0.249 e. The Morgan fingerprint density at radius 3 is 1.10 bits per heavy atom. The summed E-state index contributed by atoms with van der Waals surface area (Å²) in [7, 11) is 0. The summed E-state index contributed by atoms with van der Waals surface area (Å²) in [4.78, 5) is 13.2. The maximum absolute atomic E-state index is 13.2. The average Bonchev–Trinajstić information content (AvgIpc) is 3.49. The molecule has 480 valence electrons. The molecule has 1 amide bonds. The molecule has 0 aromatic heterocycles. The van der Waals surface area contributed by atoms with E-state index in [4.69, 9.17) is 9.47 Å². The van der Waals surface area contributed by atoms with Gasteiger partial charge in [0.05, 0.1) is 25.4 Å². The van der Waals surface area contributed by atoms with Crippen LogP contribution in [-0.4, -0.2) is 110 Å². The van der Waals surface area contributed by atoms with E-state index >= 15 is 0 Å². The minimum atomic E-state index is -1.67. The molecule has 8 N–H and O–H groups in total. The highest BCUT2D eigenvalue weighted by Crippen LogP contribution is 2.24. The van der Waals surface area contributed by atoms with Crippen LogP contribution in [0.15, 0.2) is 24.3 Å². The van der Waals surface area contributed by atoms with Gasteiger partial charge in [0.25, 0.3) is 0 Å². The van der Waals surface area contributed by atoms with Crippen molar-refractivity contribution in [3.63, 3.8) is 0 Å². The van der Waals surface area contributed by atoms with Crippen LogP contribution in [0.5, 0.6) is 0 Å². The third kappa shape index (κ3) is 46.5. The molecule has 9 unspecified atom stereocenters. The standard InChI is InChI=1S/C70H135NO10/c1-3-5-7-9-11-13-15-17-19-21-23-25-27-29-30-31-32-34-36-38-40-42-44-46-48-50-52-54-56-58-63(74)69(79)71-61(60-80-70-68(78)67(77)66(76)64(59-72)81-70)65(75)62(73)57-55-53-51-49-47-45-43-41-39-37-35-33-28-26-24-22-20-18-16-14-12-10-8-6-4-2/h41,43,49,51,61-68,70,72-78H,3-40,42,44-48,50,52-60H2,1-2H3,(H,71,79)/b43-41+,51-49+. The number of amides is 1. The van der Waals surface area contributed by atoms with Crippen molar-refractivity contribution in [3.05, 3.63) is 24.3 Å². The van der Waals surface area contributed by atoms with Gasteiger partial charge in [0.15, 0.2) is 6.29 Å². The normalized spacial score (nSPS) is 19.2. The summed E-state index contributed by atoms with van der Waals surface area (Å²) in [5.41, 5.74) is 0.